The molecule has 0 aliphatic rings. The Bertz CT molecular complexity index is 839. The average Bonchev–Trinajstić information content (AvgIpc) is 2.97. The molecule has 0 bridgehead atoms. The zero-order valence-corrected chi connectivity index (χ0v) is 14.8. The quantitative estimate of drug-likeness (QED) is 0.611. The van der Waals surface area contributed by atoms with Crippen molar-refractivity contribution < 1.29 is 4.79 Å². The number of carbonyl (C=O) groups excluding carboxylic acids is 1. The van der Waals surface area contributed by atoms with Gasteiger partial charge in [0.05, 0.1) is 0 Å². The van der Waals surface area contributed by atoms with Gasteiger partial charge in [0.25, 0.3) is 0 Å². The molecule has 2 aromatic carbocycles. The van der Waals surface area contributed by atoms with Gasteiger partial charge in [0.1, 0.15) is 0 Å². The number of nitrogens with one attached hydrogen (secondary N) is 3. The van der Waals surface area contributed by atoms with E-state index in [9.17, 15) is 4.79 Å². The number of fused-ring (bicyclic) bond motifs is 1. The van der Waals surface area contributed by atoms with Gasteiger partial charge in [-0.3, -0.25) is 4.79 Å². The number of hydrogen-bond donors (Lipinski definition) is 3. The van der Waals surface area contributed by atoms with Crippen LogP contribution in [0.15, 0.2) is 54.7 Å². The summed E-state index contributed by atoms with van der Waals surface area (Å²) in [5.41, 5.74) is 4.60. The molecule has 1 atom stereocenters. The van der Waals surface area contributed by atoms with E-state index in [2.05, 4.69) is 46.9 Å². The van der Waals surface area contributed by atoms with Crippen molar-refractivity contribution in [1.82, 2.24) is 10.3 Å². The molecular weight excluding hydrogens is 310 g/mol. The van der Waals surface area contributed by atoms with Crippen molar-refractivity contribution in [2.75, 3.05) is 11.9 Å². The molecule has 3 rings (SSSR count). The summed E-state index contributed by atoms with van der Waals surface area (Å²) in [6, 6.07) is 16.2. The Kier molecular flexibility index (Phi) is 5.51. The number of amides is 1. The lowest BCUT2D eigenvalue weighted by molar-refractivity contribution is -0.116. The predicted molar refractivity (Wildman–Crippen MR) is 104 cm³/mol. The van der Waals surface area contributed by atoms with Crippen molar-refractivity contribution in [2.24, 2.45) is 0 Å². The second-order valence-electron chi connectivity index (χ2n) is 6.59. The van der Waals surface area contributed by atoms with Gasteiger partial charge in [-0.15, -0.1) is 0 Å². The van der Waals surface area contributed by atoms with Gasteiger partial charge in [-0.1, -0.05) is 30.3 Å². The first-order valence-electron chi connectivity index (χ1n) is 8.77. The number of benzene rings is 2. The van der Waals surface area contributed by atoms with Crippen LogP contribution in [0.5, 0.6) is 0 Å². The van der Waals surface area contributed by atoms with Crippen molar-refractivity contribution in [1.29, 1.82) is 0 Å². The van der Waals surface area contributed by atoms with E-state index in [4.69, 9.17) is 0 Å². The van der Waals surface area contributed by atoms with Crippen LogP contribution in [-0.2, 0) is 11.2 Å². The van der Waals surface area contributed by atoms with E-state index in [1.54, 1.807) is 0 Å². The predicted octanol–water partition coefficient (Wildman–Crippen LogP) is 4.03. The molecule has 0 aliphatic heterocycles. The van der Waals surface area contributed by atoms with Crippen LogP contribution in [0, 0.1) is 6.92 Å². The average molecular weight is 335 g/mol. The standard InChI is InChI=1S/C21H25N3O/c1-15-8-9-19-17(14-23-20(19)12-15)10-11-22-16(2)13-21(25)24-18-6-4-3-5-7-18/h3-9,12,14,16,22-23H,10-11,13H2,1-2H3,(H,24,25). The lowest BCUT2D eigenvalue weighted by Crippen LogP contribution is -2.32. The number of carbonyl (C=O) groups is 1. The van der Waals surface area contributed by atoms with Gasteiger partial charge in [-0.2, -0.15) is 0 Å². The number of aryl methyl sites for hydroxylation is 1. The molecule has 1 aromatic heterocycles. The molecule has 4 nitrogen and oxygen atoms in total. The lowest BCUT2D eigenvalue weighted by Gasteiger charge is -2.13. The summed E-state index contributed by atoms with van der Waals surface area (Å²) < 4.78 is 0. The third kappa shape index (κ3) is 4.70. The van der Waals surface area contributed by atoms with E-state index in [1.807, 2.05) is 37.3 Å². The molecule has 130 valence electrons. The number of rotatable bonds is 7. The molecule has 1 heterocycles. The highest BCUT2D eigenvalue weighted by atomic mass is 16.1. The summed E-state index contributed by atoms with van der Waals surface area (Å²) in [6.07, 6.45) is 3.48. The second-order valence-corrected chi connectivity index (χ2v) is 6.59. The highest BCUT2D eigenvalue weighted by Crippen LogP contribution is 2.19. The second kappa shape index (κ2) is 7.99. The third-order valence-corrected chi connectivity index (χ3v) is 4.36. The molecule has 1 unspecified atom stereocenters. The molecule has 4 heteroatoms. The van der Waals surface area contributed by atoms with Crippen LogP contribution in [0.2, 0.25) is 0 Å². The monoisotopic (exact) mass is 335 g/mol. The van der Waals surface area contributed by atoms with E-state index in [0.717, 1.165) is 18.7 Å². The molecule has 1 amide bonds. The van der Waals surface area contributed by atoms with Crippen LogP contribution in [0.1, 0.15) is 24.5 Å². The van der Waals surface area contributed by atoms with E-state index in [0.29, 0.717) is 6.42 Å². The van der Waals surface area contributed by atoms with Crippen LogP contribution < -0.4 is 10.6 Å². The van der Waals surface area contributed by atoms with Crippen LogP contribution in [-0.4, -0.2) is 23.5 Å². The van der Waals surface area contributed by atoms with Gasteiger partial charge in [0.2, 0.25) is 5.91 Å². The van der Waals surface area contributed by atoms with Crippen molar-refractivity contribution in [3.8, 4) is 0 Å². The molecule has 3 N–H and O–H groups in total. The van der Waals surface area contributed by atoms with Crippen LogP contribution in [0.25, 0.3) is 10.9 Å². The van der Waals surface area contributed by atoms with Gasteiger partial charge in [-0.25, -0.2) is 0 Å². The maximum atomic E-state index is 12.1. The minimum Gasteiger partial charge on any atom is -0.361 e. The smallest absolute Gasteiger partial charge is 0.225 e. The first-order chi connectivity index (χ1) is 12.1. The maximum absolute atomic E-state index is 12.1. The number of para-hydroxylation sites is 1. The lowest BCUT2D eigenvalue weighted by atomic mass is 10.1. The van der Waals surface area contributed by atoms with E-state index >= 15 is 0 Å². The fourth-order valence-corrected chi connectivity index (χ4v) is 3.04. The summed E-state index contributed by atoms with van der Waals surface area (Å²) in [5, 5.41) is 7.64. The first kappa shape index (κ1) is 17.2. The van der Waals surface area contributed by atoms with Crippen LogP contribution in [0.4, 0.5) is 5.69 Å². The molecule has 3 aromatic rings. The highest BCUT2D eigenvalue weighted by molar-refractivity contribution is 5.91. The van der Waals surface area contributed by atoms with Crippen LogP contribution >= 0.6 is 0 Å². The number of anilines is 1. The normalized spacial score (nSPS) is 12.2. The Morgan fingerprint density at radius 2 is 1.96 bits per heavy atom. The fourth-order valence-electron chi connectivity index (χ4n) is 3.04. The Morgan fingerprint density at radius 1 is 1.16 bits per heavy atom. The number of aromatic nitrogens is 1. The fraction of sp³-hybridized carbons (Fsp3) is 0.286. The highest BCUT2D eigenvalue weighted by Gasteiger charge is 2.09. The van der Waals surface area contributed by atoms with E-state index < -0.39 is 0 Å². The molecule has 0 fully saturated rings. The molecular formula is C21H25N3O. The summed E-state index contributed by atoms with van der Waals surface area (Å²) >= 11 is 0. The first-order valence-corrected chi connectivity index (χ1v) is 8.77. The number of hydrogen-bond acceptors (Lipinski definition) is 2. The Hall–Kier alpha value is -2.59. The molecule has 25 heavy (non-hydrogen) atoms. The molecule has 0 aliphatic carbocycles. The third-order valence-electron chi connectivity index (χ3n) is 4.36. The van der Waals surface area contributed by atoms with Crippen LogP contribution in [0.3, 0.4) is 0 Å². The minimum atomic E-state index is 0.0359. The Balaban J connectivity index is 1.45. The van der Waals surface area contributed by atoms with Crippen molar-refractivity contribution in [3.05, 3.63) is 65.9 Å². The van der Waals surface area contributed by atoms with Gasteiger partial charge in [-0.05, 0) is 56.1 Å². The zero-order chi connectivity index (χ0) is 17.6. The van der Waals surface area contributed by atoms with Crippen molar-refractivity contribution in [2.45, 2.75) is 32.7 Å². The SMILES string of the molecule is Cc1ccc2c(CCNC(C)CC(=O)Nc3ccccc3)c[nH]c2c1. The number of aromatic amines is 1. The van der Waals surface area contributed by atoms with Gasteiger partial charge in [0.15, 0.2) is 0 Å². The van der Waals surface area contributed by atoms with E-state index in [1.165, 1.54) is 22.0 Å². The van der Waals surface area contributed by atoms with E-state index in [-0.39, 0.29) is 11.9 Å². The minimum absolute atomic E-state index is 0.0359. The maximum Gasteiger partial charge on any atom is 0.225 e. The molecule has 0 spiro atoms. The molecule has 0 radical (unpaired) electrons. The Labute approximate surface area is 148 Å². The van der Waals surface area contributed by atoms with Gasteiger partial charge >= 0.3 is 0 Å². The molecule has 0 saturated heterocycles. The van der Waals surface area contributed by atoms with Gasteiger partial charge in [0, 0.05) is 35.2 Å². The zero-order valence-electron chi connectivity index (χ0n) is 14.8. The Morgan fingerprint density at radius 3 is 2.76 bits per heavy atom. The summed E-state index contributed by atoms with van der Waals surface area (Å²) in [4.78, 5) is 15.4. The summed E-state index contributed by atoms with van der Waals surface area (Å²) in [7, 11) is 0. The van der Waals surface area contributed by atoms with Crippen molar-refractivity contribution in [3.63, 3.8) is 0 Å². The molecule has 0 saturated carbocycles. The topological polar surface area (TPSA) is 56.9 Å². The number of H-pyrrole nitrogens is 1. The summed E-state index contributed by atoms with van der Waals surface area (Å²) in [6.45, 7) is 4.99. The summed E-state index contributed by atoms with van der Waals surface area (Å²) in [5.74, 6) is 0.0359. The van der Waals surface area contributed by atoms with Crippen molar-refractivity contribution >= 4 is 22.5 Å². The largest absolute Gasteiger partial charge is 0.361 e. The van der Waals surface area contributed by atoms with Gasteiger partial charge < -0.3 is 15.6 Å².